The van der Waals surface area contributed by atoms with Gasteiger partial charge in [-0.05, 0) is 72.7 Å². The van der Waals surface area contributed by atoms with Crippen molar-refractivity contribution < 1.29 is 18.4 Å². The van der Waals surface area contributed by atoms with Crippen molar-refractivity contribution in [2.75, 3.05) is 0 Å². The van der Waals surface area contributed by atoms with Crippen LogP contribution in [0.25, 0.3) is 17.4 Å². The first-order valence-electron chi connectivity index (χ1n) is 9.67. The molecule has 1 aromatic heterocycles. The zero-order chi connectivity index (χ0) is 22.8. The van der Waals surface area contributed by atoms with Crippen molar-refractivity contribution in [3.05, 3.63) is 99.5 Å². The number of nitriles is 1. The SMILES string of the molecule is CC1=C(C#N)C(=O)N(Cc2ccc(F)cc2)C(=O)/C1=C/c1ccc(-c2ccc(Cl)cc2)o1. The number of amides is 2. The van der Waals surface area contributed by atoms with Gasteiger partial charge in [0.15, 0.2) is 0 Å². The van der Waals surface area contributed by atoms with E-state index in [0.29, 0.717) is 22.1 Å². The van der Waals surface area contributed by atoms with Gasteiger partial charge in [0.25, 0.3) is 11.8 Å². The number of rotatable bonds is 4. The predicted molar refractivity (Wildman–Crippen MR) is 117 cm³/mol. The van der Waals surface area contributed by atoms with Crippen LogP contribution >= 0.6 is 11.6 Å². The highest BCUT2D eigenvalue weighted by Crippen LogP contribution is 2.30. The van der Waals surface area contributed by atoms with Crippen LogP contribution in [0.5, 0.6) is 0 Å². The third-order valence-electron chi connectivity index (χ3n) is 5.12. The molecule has 1 aliphatic rings. The Balaban J connectivity index is 1.70. The second-order valence-electron chi connectivity index (χ2n) is 7.20. The molecule has 0 aliphatic carbocycles. The van der Waals surface area contributed by atoms with Gasteiger partial charge in [-0.3, -0.25) is 14.5 Å². The van der Waals surface area contributed by atoms with E-state index < -0.39 is 17.6 Å². The Kier molecular flexibility index (Phi) is 5.76. The second-order valence-corrected chi connectivity index (χ2v) is 7.64. The smallest absolute Gasteiger partial charge is 0.271 e. The van der Waals surface area contributed by atoms with Crippen molar-refractivity contribution in [2.24, 2.45) is 0 Å². The monoisotopic (exact) mass is 446 g/mol. The topological polar surface area (TPSA) is 74.3 Å². The van der Waals surface area contributed by atoms with Gasteiger partial charge in [0.1, 0.15) is 29.0 Å². The Labute approximate surface area is 188 Å². The summed E-state index contributed by atoms with van der Waals surface area (Å²) in [4.78, 5) is 26.9. The summed E-state index contributed by atoms with van der Waals surface area (Å²) in [7, 11) is 0. The van der Waals surface area contributed by atoms with Crippen LogP contribution in [0.4, 0.5) is 4.39 Å². The van der Waals surface area contributed by atoms with Crippen molar-refractivity contribution in [1.82, 2.24) is 4.90 Å². The summed E-state index contributed by atoms with van der Waals surface area (Å²) in [5.41, 5.74) is 1.71. The molecule has 0 saturated heterocycles. The average molecular weight is 447 g/mol. The van der Waals surface area contributed by atoms with E-state index in [0.717, 1.165) is 10.5 Å². The Bertz CT molecular complexity index is 1310. The first-order chi connectivity index (χ1) is 15.4. The molecule has 0 unspecified atom stereocenters. The summed E-state index contributed by atoms with van der Waals surface area (Å²) in [6, 6.07) is 17.9. The minimum atomic E-state index is -0.683. The third-order valence-corrected chi connectivity index (χ3v) is 5.37. The van der Waals surface area contributed by atoms with Crippen molar-refractivity contribution >= 4 is 29.5 Å². The van der Waals surface area contributed by atoms with Gasteiger partial charge >= 0.3 is 0 Å². The summed E-state index contributed by atoms with van der Waals surface area (Å²) in [6.45, 7) is 1.47. The molecule has 3 aromatic rings. The van der Waals surface area contributed by atoms with Crippen LogP contribution < -0.4 is 0 Å². The van der Waals surface area contributed by atoms with Crippen molar-refractivity contribution in [1.29, 1.82) is 5.26 Å². The molecule has 0 bridgehead atoms. The maximum absolute atomic E-state index is 13.2. The fourth-order valence-corrected chi connectivity index (χ4v) is 3.51. The Hall–Kier alpha value is -3.95. The molecule has 0 fully saturated rings. The molecule has 1 aliphatic heterocycles. The second kappa shape index (κ2) is 8.66. The van der Waals surface area contributed by atoms with Gasteiger partial charge < -0.3 is 4.42 Å². The van der Waals surface area contributed by atoms with E-state index in [1.807, 2.05) is 18.2 Å². The number of halogens is 2. The van der Waals surface area contributed by atoms with Gasteiger partial charge in [-0.2, -0.15) is 5.26 Å². The lowest BCUT2D eigenvalue weighted by Gasteiger charge is -2.27. The number of benzene rings is 2. The average Bonchev–Trinajstić information content (AvgIpc) is 3.25. The van der Waals surface area contributed by atoms with E-state index in [1.165, 1.54) is 30.3 Å². The van der Waals surface area contributed by atoms with Gasteiger partial charge in [0.05, 0.1) is 6.54 Å². The zero-order valence-corrected chi connectivity index (χ0v) is 17.7. The van der Waals surface area contributed by atoms with E-state index in [4.69, 9.17) is 16.0 Å². The molecular formula is C25H16ClFN2O3. The minimum absolute atomic E-state index is 0.0814. The number of carbonyl (C=O) groups excluding carboxylic acids is 2. The standard InChI is InChI=1S/C25H16ClFN2O3/c1-15-21(12-20-10-11-23(32-20)17-4-6-18(26)7-5-17)24(30)29(25(31)22(15)13-28)14-16-2-8-19(27)9-3-16/h2-12H,14H2,1H3/b21-12+. The highest BCUT2D eigenvalue weighted by atomic mass is 35.5. The van der Waals surface area contributed by atoms with Gasteiger partial charge in [-0.25, -0.2) is 4.39 Å². The summed E-state index contributed by atoms with van der Waals surface area (Å²) >= 11 is 5.92. The summed E-state index contributed by atoms with van der Waals surface area (Å²) < 4.78 is 19.1. The third kappa shape index (κ3) is 4.11. The number of carbonyl (C=O) groups is 2. The first kappa shape index (κ1) is 21.3. The fourth-order valence-electron chi connectivity index (χ4n) is 3.39. The number of nitrogens with zero attached hydrogens (tertiary/aromatic N) is 2. The van der Waals surface area contributed by atoms with Gasteiger partial charge in [0.2, 0.25) is 0 Å². The van der Waals surface area contributed by atoms with E-state index in [1.54, 1.807) is 31.2 Å². The quantitative estimate of drug-likeness (QED) is 0.390. The lowest BCUT2D eigenvalue weighted by Crippen LogP contribution is -2.42. The van der Waals surface area contributed by atoms with E-state index in [2.05, 4.69) is 0 Å². The Morgan fingerprint density at radius 1 is 1.03 bits per heavy atom. The number of imide groups is 1. The molecule has 0 N–H and O–H groups in total. The molecule has 158 valence electrons. The molecule has 2 amide bonds. The first-order valence-corrected chi connectivity index (χ1v) is 10.0. The maximum Gasteiger partial charge on any atom is 0.271 e. The molecule has 32 heavy (non-hydrogen) atoms. The van der Waals surface area contributed by atoms with Crippen LogP contribution in [0.1, 0.15) is 18.2 Å². The molecule has 4 rings (SSSR count). The number of hydrogen-bond donors (Lipinski definition) is 0. The molecule has 0 spiro atoms. The lowest BCUT2D eigenvalue weighted by atomic mass is 9.94. The Morgan fingerprint density at radius 3 is 2.38 bits per heavy atom. The minimum Gasteiger partial charge on any atom is -0.457 e. The van der Waals surface area contributed by atoms with E-state index in [9.17, 15) is 19.2 Å². The molecule has 0 saturated carbocycles. The Morgan fingerprint density at radius 2 is 1.72 bits per heavy atom. The molecule has 2 heterocycles. The molecule has 7 heteroatoms. The highest BCUT2D eigenvalue weighted by Gasteiger charge is 2.35. The molecule has 2 aromatic carbocycles. The van der Waals surface area contributed by atoms with Crippen molar-refractivity contribution in [2.45, 2.75) is 13.5 Å². The van der Waals surface area contributed by atoms with Gasteiger partial charge in [0, 0.05) is 16.2 Å². The van der Waals surface area contributed by atoms with Crippen LogP contribution in [0, 0.1) is 17.1 Å². The highest BCUT2D eigenvalue weighted by molar-refractivity contribution is 6.30. The predicted octanol–water partition coefficient (Wildman–Crippen LogP) is 5.53. The van der Waals surface area contributed by atoms with Crippen LogP contribution in [0.15, 0.2) is 81.8 Å². The summed E-state index contributed by atoms with van der Waals surface area (Å²) in [5.74, 6) is -0.685. The zero-order valence-electron chi connectivity index (χ0n) is 16.9. The molecule has 0 radical (unpaired) electrons. The molecular weight excluding hydrogens is 431 g/mol. The largest absolute Gasteiger partial charge is 0.457 e. The van der Waals surface area contributed by atoms with Crippen LogP contribution in [-0.2, 0) is 16.1 Å². The van der Waals surface area contributed by atoms with E-state index >= 15 is 0 Å². The summed E-state index contributed by atoms with van der Waals surface area (Å²) in [5, 5.41) is 10.1. The van der Waals surface area contributed by atoms with Gasteiger partial charge in [-0.1, -0.05) is 23.7 Å². The van der Waals surface area contributed by atoms with Crippen LogP contribution in [0.2, 0.25) is 5.02 Å². The van der Waals surface area contributed by atoms with Crippen LogP contribution in [0.3, 0.4) is 0 Å². The lowest BCUT2D eigenvalue weighted by molar-refractivity contribution is -0.141. The van der Waals surface area contributed by atoms with Crippen molar-refractivity contribution in [3.63, 3.8) is 0 Å². The number of furan rings is 1. The number of hydrogen-bond acceptors (Lipinski definition) is 4. The van der Waals surface area contributed by atoms with Crippen LogP contribution in [-0.4, -0.2) is 16.7 Å². The fraction of sp³-hybridized carbons (Fsp3) is 0.0800. The van der Waals surface area contributed by atoms with E-state index in [-0.39, 0.29) is 23.3 Å². The van der Waals surface area contributed by atoms with Gasteiger partial charge in [-0.15, -0.1) is 0 Å². The maximum atomic E-state index is 13.2. The normalized spacial score (nSPS) is 15.4. The molecule has 0 atom stereocenters. The molecule has 5 nitrogen and oxygen atoms in total. The van der Waals surface area contributed by atoms with Crippen molar-refractivity contribution in [3.8, 4) is 17.4 Å². The summed E-state index contributed by atoms with van der Waals surface area (Å²) in [6.07, 6.45) is 1.51.